The molecule has 0 unspecified atom stereocenters. The SMILES string of the molecule is Cc1nn(C)c(/C(OC(=O)C(C)(C)C)=C(\N)c2ccc(C(C)(C)C)cc2)c1C. The number of hydrogen-bond donors (Lipinski definition) is 1. The van der Waals surface area contributed by atoms with Gasteiger partial charge in [-0.3, -0.25) is 9.48 Å². The molecule has 5 heteroatoms. The predicted octanol–water partition coefficient (Wildman–Crippen LogP) is 4.71. The molecule has 1 aromatic heterocycles. The van der Waals surface area contributed by atoms with Crippen molar-refractivity contribution in [2.45, 2.75) is 60.8 Å². The molecule has 1 aromatic carbocycles. The zero-order valence-electron chi connectivity index (χ0n) is 18.6. The van der Waals surface area contributed by atoms with Gasteiger partial charge in [0.15, 0.2) is 5.76 Å². The van der Waals surface area contributed by atoms with Crippen LogP contribution in [0.15, 0.2) is 24.3 Å². The number of benzene rings is 1. The average Bonchev–Trinajstić information content (AvgIpc) is 2.83. The number of esters is 1. The van der Waals surface area contributed by atoms with Gasteiger partial charge in [0, 0.05) is 18.2 Å². The fraction of sp³-hybridized carbons (Fsp3) is 0.478. The number of nitrogens with zero attached hydrogens (tertiary/aromatic N) is 2. The van der Waals surface area contributed by atoms with Gasteiger partial charge in [-0.05, 0) is 45.6 Å². The van der Waals surface area contributed by atoms with Crippen LogP contribution in [0.1, 0.15) is 69.6 Å². The third kappa shape index (κ3) is 4.46. The molecular weight excluding hydrogens is 350 g/mol. The second kappa shape index (κ2) is 7.46. The van der Waals surface area contributed by atoms with Crippen LogP contribution in [0.25, 0.3) is 11.5 Å². The van der Waals surface area contributed by atoms with E-state index < -0.39 is 5.41 Å². The Morgan fingerprint density at radius 2 is 1.57 bits per heavy atom. The van der Waals surface area contributed by atoms with E-state index in [2.05, 4.69) is 38.0 Å². The number of nitrogens with two attached hydrogens (primary N) is 1. The summed E-state index contributed by atoms with van der Waals surface area (Å²) in [5, 5.41) is 4.46. The van der Waals surface area contributed by atoms with E-state index in [0.29, 0.717) is 17.2 Å². The molecule has 152 valence electrons. The highest BCUT2D eigenvalue weighted by molar-refractivity contribution is 5.92. The van der Waals surface area contributed by atoms with Crippen molar-refractivity contribution in [1.29, 1.82) is 0 Å². The van der Waals surface area contributed by atoms with Crippen molar-refractivity contribution in [3.8, 4) is 0 Å². The first-order valence-electron chi connectivity index (χ1n) is 9.57. The van der Waals surface area contributed by atoms with Gasteiger partial charge in [-0.2, -0.15) is 5.10 Å². The van der Waals surface area contributed by atoms with Gasteiger partial charge in [0.25, 0.3) is 0 Å². The lowest BCUT2D eigenvalue weighted by Crippen LogP contribution is -2.24. The Labute approximate surface area is 168 Å². The molecule has 0 bridgehead atoms. The van der Waals surface area contributed by atoms with Gasteiger partial charge in [-0.15, -0.1) is 0 Å². The summed E-state index contributed by atoms with van der Waals surface area (Å²) in [6.07, 6.45) is 0. The average molecular weight is 384 g/mol. The van der Waals surface area contributed by atoms with Crippen LogP contribution in [0.3, 0.4) is 0 Å². The Morgan fingerprint density at radius 1 is 1.04 bits per heavy atom. The Balaban J connectivity index is 2.64. The predicted molar refractivity (Wildman–Crippen MR) is 114 cm³/mol. The summed E-state index contributed by atoms with van der Waals surface area (Å²) in [6.45, 7) is 15.8. The standard InChI is InChI=1S/C23H33N3O2/c1-14-15(2)25-26(9)19(14)20(28-21(27)23(6,7)8)18(24)16-10-12-17(13-11-16)22(3,4)5/h10-13H,24H2,1-9H3/b20-18+. The van der Waals surface area contributed by atoms with Crippen LogP contribution in [0, 0.1) is 19.3 Å². The second-order valence-corrected chi connectivity index (χ2v) is 9.39. The van der Waals surface area contributed by atoms with Gasteiger partial charge in [0.2, 0.25) is 0 Å². The molecule has 0 aliphatic heterocycles. The van der Waals surface area contributed by atoms with Crippen molar-refractivity contribution in [1.82, 2.24) is 9.78 Å². The molecule has 5 nitrogen and oxygen atoms in total. The van der Waals surface area contributed by atoms with Gasteiger partial charge in [-0.25, -0.2) is 0 Å². The van der Waals surface area contributed by atoms with E-state index in [1.54, 1.807) is 4.68 Å². The topological polar surface area (TPSA) is 70.1 Å². The lowest BCUT2D eigenvalue weighted by atomic mass is 9.86. The number of aromatic nitrogens is 2. The molecule has 2 aromatic rings. The van der Waals surface area contributed by atoms with Gasteiger partial charge in [-0.1, -0.05) is 45.0 Å². The maximum absolute atomic E-state index is 12.7. The van der Waals surface area contributed by atoms with Crippen molar-refractivity contribution >= 4 is 17.4 Å². The van der Waals surface area contributed by atoms with Crippen molar-refractivity contribution < 1.29 is 9.53 Å². The fourth-order valence-electron chi connectivity index (χ4n) is 2.84. The van der Waals surface area contributed by atoms with Crippen molar-refractivity contribution in [3.63, 3.8) is 0 Å². The van der Waals surface area contributed by atoms with Crippen molar-refractivity contribution in [3.05, 3.63) is 52.3 Å². The van der Waals surface area contributed by atoms with E-state index in [1.165, 1.54) is 5.56 Å². The number of aryl methyl sites for hydroxylation is 2. The first kappa shape index (κ1) is 21.7. The van der Waals surface area contributed by atoms with Crippen molar-refractivity contribution in [2.24, 2.45) is 18.2 Å². The largest absolute Gasteiger partial charge is 0.422 e. The van der Waals surface area contributed by atoms with Crippen LogP contribution in [-0.4, -0.2) is 15.7 Å². The molecule has 0 atom stereocenters. The Bertz CT molecular complexity index is 905. The van der Waals surface area contributed by atoms with Crippen molar-refractivity contribution in [2.75, 3.05) is 0 Å². The monoisotopic (exact) mass is 383 g/mol. The third-order valence-electron chi connectivity index (χ3n) is 4.85. The first-order valence-corrected chi connectivity index (χ1v) is 9.57. The Hall–Kier alpha value is -2.56. The molecule has 2 rings (SSSR count). The molecular formula is C23H33N3O2. The zero-order chi connectivity index (χ0) is 21.4. The minimum atomic E-state index is -0.650. The van der Waals surface area contributed by atoms with E-state index in [4.69, 9.17) is 10.5 Å². The maximum Gasteiger partial charge on any atom is 0.316 e. The van der Waals surface area contributed by atoms with E-state index >= 15 is 0 Å². The first-order chi connectivity index (χ1) is 12.7. The summed E-state index contributed by atoms with van der Waals surface area (Å²) in [6, 6.07) is 8.07. The number of ether oxygens (including phenoxy) is 1. The highest BCUT2D eigenvalue weighted by atomic mass is 16.5. The Morgan fingerprint density at radius 3 is 1.96 bits per heavy atom. The maximum atomic E-state index is 12.7. The highest BCUT2D eigenvalue weighted by Gasteiger charge is 2.28. The molecule has 1 heterocycles. The molecule has 0 spiro atoms. The number of carbonyl (C=O) groups is 1. The number of hydrogen-bond acceptors (Lipinski definition) is 4. The van der Waals surface area contributed by atoms with Crippen LogP contribution >= 0.6 is 0 Å². The molecule has 0 aliphatic carbocycles. The fourth-order valence-corrected chi connectivity index (χ4v) is 2.84. The Kier molecular flexibility index (Phi) is 5.79. The molecule has 0 saturated heterocycles. The van der Waals surface area contributed by atoms with Crippen LogP contribution in [0.2, 0.25) is 0 Å². The van der Waals surface area contributed by atoms with Gasteiger partial charge >= 0.3 is 5.97 Å². The lowest BCUT2D eigenvalue weighted by molar-refractivity contribution is -0.145. The van der Waals surface area contributed by atoms with E-state index in [9.17, 15) is 4.79 Å². The van der Waals surface area contributed by atoms with E-state index in [1.807, 2.05) is 53.8 Å². The summed E-state index contributed by atoms with van der Waals surface area (Å²) >= 11 is 0. The second-order valence-electron chi connectivity index (χ2n) is 9.39. The zero-order valence-corrected chi connectivity index (χ0v) is 18.6. The summed E-state index contributed by atoms with van der Waals surface area (Å²) in [4.78, 5) is 12.7. The van der Waals surface area contributed by atoms with Gasteiger partial charge in [0.1, 0.15) is 5.69 Å². The molecule has 2 N–H and O–H groups in total. The van der Waals surface area contributed by atoms with Gasteiger partial charge < -0.3 is 10.5 Å². The summed E-state index contributed by atoms with van der Waals surface area (Å²) in [5.41, 5.74) is 10.9. The minimum Gasteiger partial charge on any atom is -0.422 e. The van der Waals surface area contributed by atoms with Crippen LogP contribution in [0.4, 0.5) is 0 Å². The quantitative estimate of drug-likeness (QED) is 0.616. The summed E-state index contributed by atoms with van der Waals surface area (Å²) in [7, 11) is 1.83. The lowest BCUT2D eigenvalue weighted by Gasteiger charge is -2.21. The van der Waals surface area contributed by atoms with Crippen LogP contribution < -0.4 is 5.73 Å². The van der Waals surface area contributed by atoms with E-state index in [0.717, 1.165) is 16.8 Å². The number of rotatable bonds is 3. The molecule has 0 radical (unpaired) electrons. The van der Waals surface area contributed by atoms with Gasteiger partial charge in [0.05, 0.1) is 16.8 Å². The van der Waals surface area contributed by atoms with E-state index in [-0.39, 0.29) is 11.4 Å². The summed E-state index contributed by atoms with van der Waals surface area (Å²) in [5.74, 6) is 0.0130. The molecule has 0 amide bonds. The molecule has 0 saturated carbocycles. The number of carbonyl (C=O) groups excluding carboxylic acids is 1. The molecule has 28 heavy (non-hydrogen) atoms. The highest BCUT2D eigenvalue weighted by Crippen LogP contribution is 2.31. The minimum absolute atomic E-state index is 0.0499. The smallest absolute Gasteiger partial charge is 0.316 e. The molecule has 0 fully saturated rings. The van der Waals surface area contributed by atoms with Crippen LogP contribution in [0.5, 0.6) is 0 Å². The normalized spacial score (nSPS) is 13.3. The van der Waals surface area contributed by atoms with Crippen LogP contribution in [-0.2, 0) is 22.0 Å². The molecule has 0 aliphatic rings. The third-order valence-corrected chi connectivity index (χ3v) is 4.85. The summed E-state index contributed by atoms with van der Waals surface area (Å²) < 4.78 is 7.56.